The first-order valence-electron chi connectivity index (χ1n) is 6.53. The molecule has 3 rings (SSSR count). The summed E-state index contributed by atoms with van der Waals surface area (Å²) in [5.74, 6) is 0.0313. The van der Waals surface area contributed by atoms with Gasteiger partial charge in [0.05, 0.1) is 22.8 Å². The van der Waals surface area contributed by atoms with Crippen LogP contribution in [0.3, 0.4) is 0 Å². The average molecular weight is 372 g/mol. The summed E-state index contributed by atoms with van der Waals surface area (Å²) in [6, 6.07) is 11.6. The molecule has 4 nitrogen and oxygen atoms in total. The number of rotatable bonds is 5. The molecule has 0 amide bonds. The van der Waals surface area contributed by atoms with E-state index in [4.69, 9.17) is 16.0 Å². The van der Waals surface area contributed by atoms with Gasteiger partial charge in [0.1, 0.15) is 15.8 Å². The van der Waals surface area contributed by atoms with E-state index in [2.05, 4.69) is 0 Å². The monoisotopic (exact) mass is 371 g/mol. The summed E-state index contributed by atoms with van der Waals surface area (Å²) >= 11 is 6.81. The fourth-order valence-corrected chi connectivity index (χ4v) is 5.04. The van der Waals surface area contributed by atoms with Crippen LogP contribution < -0.4 is 4.31 Å². The highest BCUT2D eigenvalue weighted by Gasteiger charge is 2.27. The highest BCUT2D eigenvalue weighted by molar-refractivity contribution is 7.94. The lowest BCUT2D eigenvalue weighted by Gasteiger charge is -2.22. The normalized spacial score (nSPS) is 11.6. The maximum atomic E-state index is 13.1. The van der Waals surface area contributed by atoms with Crippen molar-refractivity contribution in [3.63, 3.8) is 0 Å². The van der Waals surface area contributed by atoms with Crippen LogP contribution in [-0.4, -0.2) is 8.42 Å². The van der Waals surface area contributed by atoms with Gasteiger partial charge in [-0.25, -0.2) is 12.8 Å². The van der Waals surface area contributed by atoms with Crippen molar-refractivity contribution in [2.45, 2.75) is 10.8 Å². The zero-order chi connectivity index (χ0) is 16.4. The van der Waals surface area contributed by atoms with Gasteiger partial charge in [0.2, 0.25) is 0 Å². The Morgan fingerprint density at radius 2 is 1.87 bits per heavy atom. The quantitative estimate of drug-likeness (QED) is 0.662. The molecule has 0 saturated carbocycles. The Balaban J connectivity index is 2.05. The van der Waals surface area contributed by atoms with E-state index in [1.165, 1.54) is 42.7 Å². The second kappa shape index (κ2) is 6.35. The van der Waals surface area contributed by atoms with Crippen LogP contribution in [0.4, 0.5) is 10.1 Å². The van der Waals surface area contributed by atoms with Crippen molar-refractivity contribution in [3.05, 3.63) is 70.7 Å². The van der Waals surface area contributed by atoms with Crippen molar-refractivity contribution in [1.29, 1.82) is 0 Å². The van der Waals surface area contributed by atoms with Crippen LogP contribution in [0.1, 0.15) is 5.76 Å². The maximum Gasteiger partial charge on any atom is 0.274 e. The minimum atomic E-state index is -3.84. The Kier molecular flexibility index (Phi) is 4.43. The zero-order valence-corrected chi connectivity index (χ0v) is 14.0. The second-order valence-electron chi connectivity index (χ2n) is 4.63. The van der Waals surface area contributed by atoms with Crippen molar-refractivity contribution in [3.8, 4) is 0 Å². The summed E-state index contributed by atoms with van der Waals surface area (Å²) in [6.45, 7) is -0.00349. The first-order valence-corrected chi connectivity index (χ1v) is 9.16. The first-order chi connectivity index (χ1) is 11.0. The smallest absolute Gasteiger partial charge is 0.274 e. The van der Waals surface area contributed by atoms with Gasteiger partial charge in [-0.1, -0.05) is 11.6 Å². The maximum absolute atomic E-state index is 13.1. The molecule has 0 N–H and O–H groups in total. The van der Waals surface area contributed by atoms with Gasteiger partial charge in [-0.3, -0.25) is 4.31 Å². The van der Waals surface area contributed by atoms with Crippen molar-refractivity contribution in [2.75, 3.05) is 4.31 Å². The van der Waals surface area contributed by atoms with Crippen LogP contribution in [0.15, 0.2) is 63.4 Å². The number of furan rings is 1. The summed E-state index contributed by atoms with van der Waals surface area (Å²) in [5, 5.41) is 0. The minimum Gasteiger partial charge on any atom is -0.467 e. The zero-order valence-electron chi connectivity index (χ0n) is 11.6. The molecule has 8 heteroatoms. The number of sulfonamides is 1. The third-order valence-corrected chi connectivity index (χ3v) is 6.56. The van der Waals surface area contributed by atoms with Crippen LogP contribution in [-0.2, 0) is 16.6 Å². The van der Waals surface area contributed by atoms with E-state index < -0.39 is 15.8 Å². The van der Waals surface area contributed by atoms with Crippen molar-refractivity contribution in [2.24, 2.45) is 0 Å². The van der Waals surface area contributed by atoms with E-state index in [1.807, 2.05) is 0 Å². The molecule has 3 aromatic rings. The molecule has 0 fully saturated rings. The highest BCUT2D eigenvalue weighted by atomic mass is 35.5. The summed E-state index contributed by atoms with van der Waals surface area (Å²) in [5.41, 5.74) is 0.340. The number of hydrogen-bond donors (Lipinski definition) is 0. The third-order valence-electron chi connectivity index (χ3n) is 3.09. The molecule has 1 aromatic carbocycles. The second-order valence-corrected chi connectivity index (χ2v) is 8.43. The van der Waals surface area contributed by atoms with Gasteiger partial charge in [-0.2, -0.15) is 0 Å². The van der Waals surface area contributed by atoms with Gasteiger partial charge in [0.25, 0.3) is 10.0 Å². The Bertz CT molecular complexity index is 889. The minimum absolute atomic E-state index is 0.00349. The lowest BCUT2D eigenvalue weighted by molar-refractivity contribution is 0.508. The van der Waals surface area contributed by atoms with Gasteiger partial charge in [0.15, 0.2) is 0 Å². The van der Waals surface area contributed by atoms with E-state index >= 15 is 0 Å². The molecule has 0 saturated heterocycles. The molecular weight excluding hydrogens is 361 g/mol. The topological polar surface area (TPSA) is 50.5 Å². The van der Waals surface area contributed by atoms with Crippen LogP contribution in [0.5, 0.6) is 0 Å². The molecule has 2 heterocycles. The van der Waals surface area contributed by atoms with E-state index in [0.29, 0.717) is 15.8 Å². The summed E-state index contributed by atoms with van der Waals surface area (Å²) in [4.78, 5) is 0. The molecule has 2 aromatic heterocycles. The third kappa shape index (κ3) is 3.41. The Hall–Kier alpha value is -1.83. The summed E-state index contributed by atoms with van der Waals surface area (Å²) < 4.78 is 45.8. The summed E-state index contributed by atoms with van der Waals surface area (Å²) in [7, 11) is -3.84. The van der Waals surface area contributed by atoms with Crippen LogP contribution in [0.2, 0.25) is 4.34 Å². The SMILES string of the molecule is O=S(=O)(c1ccc(Cl)s1)N(Cc1ccco1)c1ccc(F)cc1. The van der Waals surface area contributed by atoms with Gasteiger partial charge < -0.3 is 4.42 Å². The van der Waals surface area contributed by atoms with E-state index in [9.17, 15) is 12.8 Å². The van der Waals surface area contributed by atoms with Crippen LogP contribution in [0.25, 0.3) is 0 Å². The van der Waals surface area contributed by atoms with Gasteiger partial charge in [-0.05, 0) is 48.5 Å². The highest BCUT2D eigenvalue weighted by Crippen LogP contribution is 2.32. The molecule has 0 aliphatic carbocycles. The van der Waals surface area contributed by atoms with Gasteiger partial charge in [-0.15, -0.1) is 11.3 Å². The number of benzene rings is 1. The Morgan fingerprint density at radius 3 is 2.43 bits per heavy atom. The molecule has 0 bridgehead atoms. The average Bonchev–Trinajstić information content (AvgIpc) is 3.17. The largest absolute Gasteiger partial charge is 0.467 e. The number of thiophene rings is 1. The van der Waals surface area contributed by atoms with Crippen LogP contribution in [0, 0.1) is 5.82 Å². The molecule has 0 spiro atoms. The number of nitrogens with zero attached hydrogens (tertiary/aromatic N) is 1. The van der Waals surface area contributed by atoms with Crippen molar-refractivity contribution < 1.29 is 17.2 Å². The standard InChI is InChI=1S/C15H11ClFNO3S2/c16-14-7-8-15(22-14)23(19,20)18(10-13-2-1-9-21-13)12-5-3-11(17)4-6-12/h1-9H,10H2. The predicted molar refractivity (Wildman–Crippen MR) is 87.8 cm³/mol. The molecule has 23 heavy (non-hydrogen) atoms. The van der Waals surface area contributed by atoms with Crippen LogP contribution >= 0.6 is 22.9 Å². The number of hydrogen-bond acceptors (Lipinski definition) is 4. The van der Waals surface area contributed by atoms with E-state index in [-0.39, 0.29) is 10.8 Å². The van der Waals surface area contributed by atoms with E-state index in [1.54, 1.807) is 12.1 Å². The molecular formula is C15H11ClFNO3S2. The predicted octanol–water partition coefficient (Wildman–Crippen LogP) is 4.53. The Labute approximate surface area is 141 Å². The molecule has 0 radical (unpaired) electrons. The molecule has 0 aliphatic heterocycles. The number of anilines is 1. The molecule has 120 valence electrons. The number of halogens is 2. The lowest BCUT2D eigenvalue weighted by atomic mass is 10.3. The molecule has 0 aliphatic rings. The van der Waals surface area contributed by atoms with Crippen molar-refractivity contribution in [1.82, 2.24) is 0 Å². The van der Waals surface area contributed by atoms with Gasteiger partial charge >= 0.3 is 0 Å². The fraction of sp³-hybridized carbons (Fsp3) is 0.0667. The first kappa shape index (κ1) is 16.0. The van der Waals surface area contributed by atoms with Crippen molar-refractivity contribution >= 4 is 38.6 Å². The molecule has 0 atom stereocenters. The Morgan fingerprint density at radius 1 is 1.13 bits per heavy atom. The summed E-state index contributed by atoms with van der Waals surface area (Å²) in [6.07, 6.45) is 1.47. The molecule has 0 unspecified atom stereocenters. The van der Waals surface area contributed by atoms with E-state index in [0.717, 1.165) is 15.6 Å². The van der Waals surface area contributed by atoms with Gasteiger partial charge in [0, 0.05) is 0 Å². The lowest BCUT2D eigenvalue weighted by Crippen LogP contribution is -2.29. The fourth-order valence-electron chi connectivity index (χ4n) is 2.01.